The summed E-state index contributed by atoms with van der Waals surface area (Å²) in [5, 5.41) is 10.8. The van der Waals surface area contributed by atoms with Gasteiger partial charge in [0, 0.05) is 17.8 Å². The van der Waals surface area contributed by atoms with Gasteiger partial charge in [-0.15, -0.1) is 0 Å². The molecule has 19 heavy (non-hydrogen) atoms. The molecule has 0 saturated carbocycles. The lowest BCUT2D eigenvalue weighted by Crippen LogP contribution is -2.21. The van der Waals surface area contributed by atoms with Crippen LogP contribution in [0, 0.1) is 17.0 Å². The summed E-state index contributed by atoms with van der Waals surface area (Å²) in [6.07, 6.45) is 1.65. The first-order chi connectivity index (χ1) is 8.99. The Morgan fingerprint density at radius 3 is 2.79 bits per heavy atom. The molecule has 1 heterocycles. The Morgan fingerprint density at radius 2 is 2.11 bits per heavy atom. The molecule has 0 aliphatic rings. The van der Waals surface area contributed by atoms with E-state index >= 15 is 0 Å². The molecule has 6 heteroatoms. The predicted molar refractivity (Wildman–Crippen MR) is 72.0 cm³/mol. The number of benzene rings is 1. The Balaban J connectivity index is 2.39. The summed E-state index contributed by atoms with van der Waals surface area (Å²) in [6, 6.07) is 8.04. The first-order valence-corrected chi connectivity index (χ1v) is 5.68. The van der Waals surface area contributed by atoms with E-state index in [1.807, 2.05) is 0 Å². The molecule has 98 valence electrons. The van der Waals surface area contributed by atoms with Gasteiger partial charge in [0.1, 0.15) is 5.69 Å². The van der Waals surface area contributed by atoms with Gasteiger partial charge in [-0.25, -0.2) is 0 Å². The highest BCUT2D eigenvalue weighted by molar-refractivity contribution is 5.59. The van der Waals surface area contributed by atoms with Crippen molar-refractivity contribution in [1.29, 1.82) is 0 Å². The second-order valence-electron chi connectivity index (χ2n) is 4.27. The normalized spacial score (nSPS) is 10.4. The second kappa shape index (κ2) is 4.93. The van der Waals surface area contributed by atoms with Crippen LogP contribution in [-0.4, -0.2) is 9.49 Å². The van der Waals surface area contributed by atoms with E-state index in [-0.39, 0.29) is 23.5 Å². The minimum Gasteiger partial charge on any atom is -0.393 e. The average molecular weight is 259 g/mol. The minimum atomic E-state index is -0.530. The average Bonchev–Trinajstić information content (AvgIpc) is 2.37. The van der Waals surface area contributed by atoms with Crippen molar-refractivity contribution in [1.82, 2.24) is 4.57 Å². The van der Waals surface area contributed by atoms with Crippen LogP contribution in [0.5, 0.6) is 0 Å². The molecular weight excluding hydrogens is 246 g/mol. The van der Waals surface area contributed by atoms with Crippen molar-refractivity contribution in [2.24, 2.45) is 0 Å². The number of hydrogen-bond acceptors (Lipinski definition) is 4. The van der Waals surface area contributed by atoms with Crippen molar-refractivity contribution in [2.45, 2.75) is 13.5 Å². The fourth-order valence-corrected chi connectivity index (χ4v) is 1.82. The summed E-state index contributed by atoms with van der Waals surface area (Å²) >= 11 is 0. The summed E-state index contributed by atoms with van der Waals surface area (Å²) in [4.78, 5) is 22.1. The maximum atomic E-state index is 11.9. The number of hydrogen-bond donors (Lipinski definition) is 1. The minimum absolute atomic E-state index is 0.109. The van der Waals surface area contributed by atoms with Crippen LogP contribution < -0.4 is 11.3 Å². The highest BCUT2D eigenvalue weighted by Gasteiger charge is 2.12. The van der Waals surface area contributed by atoms with Gasteiger partial charge in [0.05, 0.1) is 11.5 Å². The molecule has 1 aromatic heterocycles. The van der Waals surface area contributed by atoms with Gasteiger partial charge in [0.15, 0.2) is 0 Å². The Labute approximate surface area is 109 Å². The highest BCUT2D eigenvalue weighted by atomic mass is 16.6. The third-order valence-corrected chi connectivity index (χ3v) is 2.85. The first-order valence-electron chi connectivity index (χ1n) is 5.68. The second-order valence-corrected chi connectivity index (χ2v) is 4.27. The number of anilines is 1. The Morgan fingerprint density at radius 1 is 1.37 bits per heavy atom. The zero-order valence-electron chi connectivity index (χ0n) is 10.4. The van der Waals surface area contributed by atoms with Crippen molar-refractivity contribution in [3.05, 3.63) is 68.1 Å². The van der Waals surface area contributed by atoms with Crippen molar-refractivity contribution in [3.63, 3.8) is 0 Å². The van der Waals surface area contributed by atoms with Crippen LogP contribution in [0.15, 0.2) is 41.3 Å². The number of nitro groups is 1. The van der Waals surface area contributed by atoms with E-state index in [1.54, 1.807) is 31.3 Å². The molecule has 0 saturated heterocycles. The maximum absolute atomic E-state index is 11.9. The number of nitrogens with two attached hydrogens (primary N) is 1. The first kappa shape index (κ1) is 12.8. The standard InChI is InChI=1S/C13H13N3O3/c1-9-3-2-6-15(13(9)17)8-10-4-5-11(14)12(7-10)16(18)19/h2-7H,8,14H2,1H3. The molecule has 2 N–H and O–H groups in total. The lowest BCUT2D eigenvalue weighted by atomic mass is 10.1. The van der Waals surface area contributed by atoms with Crippen LogP contribution in [0.1, 0.15) is 11.1 Å². The molecule has 1 aromatic carbocycles. The van der Waals surface area contributed by atoms with Gasteiger partial charge in [-0.1, -0.05) is 12.1 Å². The summed E-state index contributed by atoms with van der Waals surface area (Å²) in [5.41, 5.74) is 6.69. The van der Waals surface area contributed by atoms with Gasteiger partial charge in [-0.05, 0) is 24.6 Å². The van der Waals surface area contributed by atoms with E-state index in [4.69, 9.17) is 5.73 Å². The van der Waals surface area contributed by atoms with E-state index in [0.717, 1.165) is 0 Å². The molecule has 6 nitrogen and oxygen atoms in total. The van der Waals surface area contributed by atoms with Crippen LogP contribution in [0.25, 0.3) is 0 Å². The van der Waals surface area contributed by atoms with Crippen molar-refractivity contribution in [2.75, 3.05) is 5.73 Å². The number of nitro benzene ring substituents is 1. The lowest BCUT2D eigenvalue weighted by Gasteiger charge is -2.07. The molecule has 0 radical (unpaired) electrons. The van der Waals surface area contributed by atoms with E-state index in [1.165, 1.54) is 16.7 Å². The van der Waals surface area contributed by atoms with Crippen LogP contribution in [-0.2, 0) is 6.54 Å². The molecule has 0 spiro atoms. The number of aromatic nitrogens is 1. The number of pyridine rings is 1. The van der Waals surface area contributed by atoms with Crippen molar-refractivity contribution < 1.29 is 4.92 Å². The Bertz CT molecular complexity index is 692. The maximum Gasteiger partial charge on any atom is 0.292 e. The van der Waals surface area contributed by atoms with Crippen LogP contribution in [0.2, 0.25) is 0 Å². The molecule has 0 aliphatic heterocycles. The summed E-state index contributed by atoms with van der Waals surface area (Å²) < 4.78 is 1.50. The monoisotopic (exact) mass is 259 g/mol. The summed E-state index contributed by atoms with van der Waals surface area (Å²) in [7, 11) is 0. The molecule has 0 aliphatic carbocycles. The molecule has 0 unspecified atom stereocenters. The third kappa shape index (κ3) is 2.62. The lowest BCUT2D eigenvalue weighted by molar-refractivity contribution is -0.384. The molecule has 0 fully saturated rings. The molecule has 2 rings (SSSR count). The van der Waals surface area contributed by atoms with E-state index in [0.29, 0.717) is 11.1 Å². The zero-order valence-corrected chi connectivity index (χ0v) is 10.4. The fraction of sp³-hybridized carbons (Fsp3) is 0.154. The smallest absolute Gasteiger partial charge is 0.292 e. The van der Waals surface area contributed by atoms with Gasteiger partial charge < -0.3 is 10.3 Å². The number of aryl methyl sites for hydroxylation is 1. The highest BCUT2D eigenvalue weighted by Crippen LogP contribution is 2.22. The van der Waals surface area contributed by atoms with Gasteiger partial charge in [0.25, 0.3) is 11.2 Å². The molecule has 0 bridgehead atoms. The van der Waals surface area contributed by atoms with E-state index in [9.17, 15) is 14.9 Å². The Hall–Kier alpha value is -2.63. The molecule has 0 amide bonds. The van der Waals surface area contributed by atoms with Gasteiger partial charge in [-0.2, -0.15) is 0 Å². The Kier molecular flexibility index (Phi) is 3.33. The van der Waals surface area contributed by atoms with E-state index < -0.39 is 4.92 Å². The number of nitrogen functional groups attached to an aromatic ring is 1. The molecule has 2 aromatic rings. The van der Waals surface area contributed by atoms with Gasteiger partial charge in [-0.3, -0.25) is 14.9 Å². The van der Waals surface area contributed by atoms with E-state index in [2.05, 4.69) is 0 Å². The quantitative estimate of drug-likeness (QED) is 0.516. The largest absolute Gasteiger partial charge is 0.393 e. The molecule has 0 atom stereocenters. The third-order valence-electron chi connectivity index (χ3n) is 2.85. The van der Waals surface area contributed by atoms with Crippen LogP contribution in [0.3, 0.4) is 0 Å². The predicted octanol–water partition coefficient (Wildman–Crippen LogP) is 1.70. The summed E-state index contributed by atoms with van der Waals surface area (Å²) in [6.45, 7) is 2.01. The number of rotatable bonds is 3. The van der Waals surface area contributed by atoms with Crippen molar-refractivity contribution in [3.8, 4) is 0 Å². The van der Waals surface area contributed by atoms with Gasteiger partial charge >= 0.3 is 0 Å². The van der Waals surface area contributed by atoms with Crippen LogP contribution in [0.4, 0.5) is 11.4 Å². The fourth-order valence-electron chi connectivity index (χ4n) is 1.82. The topological polar surface area (TPSA) is 91.2 Å². The molecular formula is C13H13N3O3. The SMILES string of the molecule is Cc1cccn(Cc2ccc(N)c([N+](=O)[O-])c2)c1=O. The van der Waals surface area contributed by atoms with Gasteiger partial charge in [0.2, 0.25) is 0 Å². The van der Waals surface area contributed by atoms with Crippen LogP contribution >= 0.6 is 0 Å². The summed E-state index contributed by atoms with van der Waals surface area (Å²) in [5.74, 6) is 0. The van der Waals surface area contributed by atoms with Crippen molar-refractivity contribution >= 4 is 11.4 Å². The zero-order chi connectivity index (χ0) is 14.0. The number of nitrogens with zero attached hydrogens (tertiary/aromatic N) is 2.